The van der Waals surface area contributed by atoms with E-state index in [1.54, 1.807) is 29.3 Å². The molecule has 4 aromatic rings. The number of carbonyl (C=O) groups is 1. The summed E-state index contributed by atoms with van der Waals surface area (Å²) in [6.07, 6.45) is 0. The first-order chi connectivity index (χ1) is 12.5. The number of carbonyl (C=O) groups excluding carboxylic acids is 1. The second-order valence-electron chi connectivity index (χ2n) is 6.39. The van der Waals surface area contributed by atoms with Gasteiger partial charge in [-0.25, -0.2) is 9.78 Å². The van der Waals surface area contributed by atoms with E-state index in [2.05, 4.69) is 10.3 Å². The van der Waals surface area contributed by atoms with Gasteiger partial charge in [0.15, 0.2) is 0 Å². The number of aryl methyl sites for hydroxylation is 3. The number of anilines is 1. The van der Waals surface area contributed by atoms with Gasteiger partial charge in [0.25, 0.3) is 0 Å². The van der Waals surface area contributed by atoms with E-state index in [1.807, 2.05) is 47.9 Å². The van der Waals surface area contributed by atoms with E-state index in [4.69, 9.17) is 0 Å². The summed E-state index contributed by atoms with van der Waals surface area (Å²) in [4.78, 5) is 29.0. The first-order valence-corrected chi connectivity index (χ1v) is 8.33. The zero-order valence-corrected chi connectivity index (χ0v) is 14.9. The van der Waals surface area contributed by atoms with Crippen molar-refractivity contribution in [2.24, 2.45) is 14.1 Å². The molecule has 2 aromatic heterocycles. The van der Waals surface area contributed by atoms with Crippen LogP contribution in [0.25, 0.3) is 22.1 Å². The van der Waals surface area contributed by atoms with Crippen LogP contribution < -0.4 is 11.0 Å². The van der Waals surface area contributed by atoms with Gasteiger partial charge in [-0.3, -0.25) is 13.9 Å². The normalized spacial score (nSPS) is 11.3. The van der Waals surface area contributed by atoms with E-state index in [0.29, 0.717) is 5.69 Å². The summed E-state index contributed by atoms with van der Waals surface area (Å²) in [5.74, 6) is 0.652. The van der Waals surface area contributed by atoms with Crippen molar-refractivity contribution in [2.45, 2.75) is 13.5 Å². The molecule has 1 N–H and O–H groups in total. The van der Waals surface area contributed by atoms with E-state index in [1.165, 1.54) is 0 Å². The number of benzene rings is 2. The van der Waals surface area contributed by atoms with Gasteiger partial charge in [-0.2, -0.15) is 0 Å². The lowest BCUT2D eigenvalue weighted by Gasteiger charge is -2.09. The molecule has 26 heavy (non-hydrogen) atoms. The van der Waals surface area contributed by atoms with E-state index in [9.17, 15) is 9.59 Å². The van der Waals surface area contributed by atoms with Crippen LogP contribution >= 0.6 is 0 Å². The average molecular weight is 349 g/mol. The summed E-state index contributed by atoms with van der Waals surface area (Å²) in [6, 6.07) is 13.2. The predicted molar refractivity (Wildman–Crippen MR) is 101 cm³/mol. The van der Waals surface area contributed by atoms with Crippen molar-refractivity contribution in [1.29, 1.82) is 0 Å². The fourth-order valence-electron chi connectivity index (χ4n) is 3.32. The molecule has 0 aliphatic heterocycles. The Kier molecular flexibility index (Phi) is 3.64. The second-order valence-corrected chi connectivity index (χ2v) is 6.39. The van der Waals surface area contributed by atoms with Crippen LogP contribution in [0.15, 0.2) is 47.3 Å². The van der Waals surface area contributed by atoms with E-state index in [-0.39, 0.29) is 18.1 Å². The fraction of sp³-hybridized carbons (Fsp3) is 0.211. The molecule has 0 saturated carbocycles. The Morgan fingerprint density at radius 3 is 2.58 bits per heavy atom. The molecular weight excluding hydrogens is 330 g/mol. The zero-order chi connectivity index (χ0) is 18.4. The molecule has 0 radical (unpaired) electrons. The number of hydrogen-bond acceptors (Lipinski definition) is 3. The molecule has 2 heterocycles. The highest BCUT2D eigenvalue weighted by Crippen LogP contribution is 2.19. The van der Waals surface area contributed by atoms with Gasteiger partial charge in [-0.05, 0) is 37.3 Å². The molecule has 0 aliphatic carbocycles. The number of amides is 1. The summed E-state index contributed by atoms with van der Waals surface area (Å²) >= 11 is 0. The van der Waals surface area contributed by atoms with Crippen LogP contribution in [0, 0.1) is 6.92 Å². The Balaban J connectivity index is 1.62. The van der Waals surface area contributed by atoms with Crippen LogP contribution in [0.2, 0.25) is 0 Å². The lowest BCUT2D eigenvalue weighted by atomic mass is 10.2. The van der Waals surface area contributed by atoms with Gasteiger partial charge in [0, 0.05) is 19.8 Å². The van der Waals surface area contributed by atoms with Gasteiger partial charge < -0.3 is 9.88 Å². The summed E-state index contributed by atoms with van der Waals surface area (Å²) in [5, 5.41) is 2.91. The average Bonchev–Trinajstić information content (AvgIpc) is 3.05. The van der Waals surface area contributed by atoms with Gasteiger partial charge in [0.1, 0.15) is 12.4 Å². The number of fused-ring (bicyclic) bond motifs is 2. The second kappa shape index (κ2) is 5.87. The number of para-hydroxylation sites is 2. The SMILES string of the molecule is Cc1nc2ccccc2n1CC(=O)Nc1ccc2c(c1)n(C)c(=O)n2C. The van der Waals surface area contributed by atoms with Crippen molar-refractivity contribution in [2.75, 3.05) is 5.32 Å². The Hall–Kier alpha value is -3.35. The third kappa shape index (κ3) is 2.48. The minimum atomic E-state index is -0.142. The third-order valence-corrected chi connectivity index (χ3v) is 4.70. The molecule has 1 amide bonds. The highest BCUT2D eigenvalue weighted by molar-refractivity contribution is 5.94. The Bertz CT molecular complexity index is 1210. The number of imidazole rings is 2. The fourth-order valence-corrected chi connectivity index (χ4v) is 3.32. The maximum atomic E-state index is 12.5. The zero-order valence-electron chi connectivity index (χ0n) is 14.9. The highest BCUT2D eigenvalue weighted by atomic mass is 16.2. The van der Waals surface area contributed by atoms with Crippen LogP contribution in [0.3, 0.4) is 0 Å². The molecule has 7 nitrogen and oxygen atoms in total. The molecule has 132 valence electrons. The van der Waals surface area contributed by atoms with Gasteiger partial charge in [-0.15, -0.1) is 0 Å². The molecular formula is C19H19N5O2. The predicted octanol–water partition coefficient (Wildman–Crippen LogP) is 2.17. The molecule has 0 spiro atoms. The molecule has 7 heteroatoms. The van der Waals surface area contributed by atoms with E-state index in [0.717, 1.165) is 27.9 Å². The Labute approximate surface area is 149 Å². The standard InChI is InChI=1S/C19H19N5O2/c1-12-20-14-6-4-5-7-15(14)24(12)11-18(25)21-13-8-9-16-17(10-13)23(3)19(26)22(16)2/h4-10H,11H2,1-3H3,(H,21,25). The largest absolute Gasteiger partial charge is 0.328 e. The highest BCUT2D eigenvalue weighted by Gasteiger charge is 2.12. The molecule has 2 aromatic carbocycles. The number of rotatable bonds is 3. The van der Waals surface area contributed by atoms with Crippen molar-refractivity contribution in [1.82, 2.24) is 18.7 Å². The lowest BCUT2D eigenvalue weighted by Crippen LogP contribution is -2.19. The lowest BCUT2D eigenvalue weighted by molar-refractivity contribution is -0.116. The van der Waals surface area contributed by atoms with Crippen LogP contribution in [0.1, 0.15) is 5.82 Å². The Morgan fingerprint density at radius 2 is 1.77 bits per heavy atom. The van der Waals surface area contributed by atoms with Crippen molar-refractivity contribution in [3.63, 3.8) is 0 Å². The monoisotopic (exact) mass is 349 g/mol. The smallest absolute Gasteiger partial charge is 0.324 e. The van der Waals surface area contributed by atoms with Gasteiger partial charge in [-0.1, -0.05) is 12.1 Å². The molecule has 0 unspecified atom stereocenters. The minimum absolute atomic E-state index is 0.0935. The van der Waals surface area contributed by atoms with Crippen molar-refractivity contribution < 1.29 is 4.79 Å². The topological polar surface area (TPSA) is 73.8 Å². The van der Waals surface area contributed by atoms with Crippen LogP contribution in [0.5, 0.6) is 0 Å². The molecule has 0 saturated heterocycles. The van der Waals surface area contributed by atoms with Gasteiger partial charge in [0.05, 0.1) is 22.1 Å². The Morgan fingerprint density at radius 1 is 1.04 bits per heavy atom. The number of nitrogens with one attached hydrogen (secondary N) is 1. The van der Waals surface area contributed by atoms with E-state index < -0.39 is 0 Å². The molecule has 0 bridgehead atoms. The van der Waals surface area contributed by atoms with Crippen LogP contribution in [0.4, 0.5) is 5.69 Å². The molecule has 4 rings (SSSR count). The first-order valence-electron chi connectivity index (χ1n) is 8.33. The van der Waals surface area contributed by atoms with Crippen molar-refractivity contribution in [3.8, 4) is 0 Å². The molecule has 0 aliphatic rings. The number of aromatic nitrogens is 4. The number of nitrogens with zero attached hydrogens (tertiary/aromatic N) is 4. The summed E-state index contributed by atoms with van der Waals surface area (Å²) in [5.41, 5.74) is 3.97. The van der Waals surface area contributed by atoms with Crippen molar-refractivity contribution in [3.05, 3.63) is 58.8 Å². The minimum Gasteiger partial charge on any atom is -0.324 e. The van der Waals surface area contributed by atoms with Gasteiger partial charge in [0.2, 0.25) is 5.91 Å². The van der Waals surface area contributed by atoms with Crippen LogP contribution in [-0.4, -0.2) is 24.6 Å². The quantitative estimate of drug-likeness (QED) is 0.616. The van der Waals surface area contributed by atoms with Gasteiger partial charge >= 0.3 is 5.69 Å². The van der Waals surface area contributed by atoms with Crippen molar-refractivity contribution >= 4 is 33.7 Å². The van der Waals surface area contributed by atoms with E-state index >= 15 is 0 Å². The maximum absolute atomic E-state index is 12.5. The maximum Gasteiger partial charge on any atom is 0.328 e. The van der Waals surface area contributed by atoms with Crippen LogP contribution in [-0.2, 0) is 25.4 Å². The summed E-state index contributed by atoms with van der Waals surface area (Å²) in [7, 11) is 3.45. The third-order valence-electron chi connectivity index (χ3n) is 4.70. The first kappa shape index (κ1) is 16.1. The number of hydrogen-bond donors (Lipinski definition) is 1. The summed E-state index contributed by atoms with van der Waals surface area (Å²) in [6.45, 7) is 2.07. The molecule has 0 atom stereocenters. The molecule has 0 fully saturated rings. The summed E-state index contributed by atoms with van der Waals surface area (Å²) < 4.78 is 5.04.